The Balaban J connectivity index is 2.19. The van der Waals surface area contributed by atoms with Gasteiger partial charge in [-0.05, 0) is 38.3 Å². The van der Waals surface area contributed by atoms with E-state index in [1.54, 1.807) is 13.1 Å². The predicted molar refractivity (Wildman–Crippen MR) is 70.4 cm³/mol. The summed E-state index contributed by atoms with van der Waals surface area (Å²) >= 11 is 0. The molecule has 98 valence electrons. The number of nitrogens with zero attached hydrogens (tertiary/aromatic N) is 2. The summed E-state index contributed by atoms with van der Waals surface area (Å²) in [6.07, 6.45) is 3.88. The molecule has 0 bridgehead atoms. The normalized spacial score (nSPS) is 14.3. The Labute approximate surface area is 107 Å². The minimum Gasteiger partial charge on any atom is -0.465 e. The standard InChI is InChI=1S/C13H19N3O2/c1-3-18-11(17)8-16(10-4-5-10)13-12(14)9(2)6-7-15-13/h6-7,10H,3-5,8,14H2,1-2H3. The maximum absolute atomic E-state index is 11.6. The fourth-order valence-electron chi connectivity index (χ4n) is 1.89. The number of esters is 1. The van der Waals surface area contributed by atoms with Crippen molar-refractivity contribution in [3.8, 4) is 0 Å². The maximum atomic E-state index is 11.6. The Kier molecular flexibility index (Phi) is 3.69. The van der Waals surface area contributed by atoms with Crippen LogP contribution in [0.4, 0.5) is 11.5 Å². The van der Waals surface area contributed by atoms with Crippen molar-refractivity contribution in [2.45, 2.75) is 32.7 Å². The lowest BCUT2D eigenvalue weighted by Gasteiger charge is -2.24. The zero-order chi connectivity index (χ0) is 13.1. The van der Waals surface area contributed by atoms with Crippen molar-refractivity contribution in [3.05, 3.63) is 17.8 Å². The average molecular weight is 249 g/mol. The van der Waals surface area contributed by atoms with Crippen LogP contribution in [-0.4, -0.2) is 30.1 Å². The topological polar surface area (TPSA) is 68.5 Å². The SMILES string of the molecule is CCOC(=O)CN(c1nccc(C)c1N)C1CC1. The first-order valence-electron chi connectivity index (χ1n) is 6.26. The number of carbonyl (C=O) groups excluding carboxylic acids is 1. The molecule has 2 rings (SSSR count). The number of ether oxygens (including phenoxy) is 1. The molecule has 1 fully saturated rings. The molecule has 0 spiro atoms. The highest BCUT2D eigenvalue weighted by Crippen LogP contribution is 2.34. The summed E-state index contributed by atoms with van der Waals surface area (Å²) in [4.78, 5) is 17.9. The molecule has 5 nitrogen and oxygen atoms in total. The Morgan fingerprint density at radius 1 is 1.61 bits per heavy atom. The van der Waals surface area contributed by atoms with E-state index in [9.17, 15) is 4.79 Å². The number of anilines is 2. The minimum atomic E-state index is -0.230. The van der Waals surface area contributed by atoms with E-state index in [0.29, 0.717) is 24.2 Å². The predicted octanol–water partition coefficient (Wildman–Crippen LogP) is 1.50. The molecule has 5 heteroatoms. The Morgan fingerprint density at radius 3 is 2.94 bits per heavy atom. The van der Waals surface area contributed by atoms with Crippen molar-refractivity contribution in [2.75, 3.05) is 23.8 Å². The minimum absolute atomic E-state index is 0.221. The van der Waals surface area contributed by atoms with Crippen LogP contribution in [0.3, 0.4) is 0 Å². The second-order valence-corrected chi connectivity index (χ2v) is 4.53. The number of aromatic nitrogens is 1. The first-order chi connectivity index (χ1) is 8.63. The summed E-state index contributed by atoms with van der Waals surface area (Å²) in [6.45, 7) is 4.36. The number of carbonyl (C=O) groups is 1. The Morgan fingerprint density at radius 2 is 2.33 bits per heavy atom. The molecule has 1 aromatic heterocycles. The molecular formula is C13H19N3O2. The van der Waals surface area contributed by atoms with Crippen molar-refractivity contribution < 1.29 is 9.53 Å². The highest BCUT2D eigenvalue weighted by atomic mass is 16.5. The molecule has 1 aromatic rings. The fourth-order valence-corrected chi connectivity index (χ4v) is 1.89. The van der Waals surface area contributed by atoms with Gasteiger partial charge in [-0.1, -0.05) is 0 Å². The molecule has 1 saturated carbocycles. The van der Waals surface area contributed by atoms with Crippen LogP contribution in [-0.2, 0) is 9.53 Å². The highest BCUT2D eigenvalue weighted by molar-refractivity contribution is 5.78. The number of pyridine rings is 1. The van der Waals surface area contributed by atoms with Crippen molar-refractivity contribution in [3.63, 3.8) is 0 Å². The smallest absolute Gasteiger partial charge is 0.325 e. The van der Waals surface area contributed by atoms with Crippen LogP contribution in [0, 0.1) is 6.92 Å². The summed E-state index contributed by atoms with van der Waals surface area (Å²) in [5.74, 6) is 0.470. The molecule has 0 unspecified atom stereocenters. The quantitative estimate of drug-likeness (QED) is 0.801. The van der Waals surface area contributed by atoms with Crippen LogP contribution in [0.25, 0.3) is 0 Å². The van der Waals surface area contributed by atoms with Crippen LogP contribution in [0.15, 0.2) is 12.3 Å². The molecule has 0 saturated heterocycles. The summed E-state index contributed by atoms with van der Waals surface area (Å²) in [5.41, 5.74) is 7.67. The van der Waals surface area contributed by atoms with Crippen LogP contribution >= 0.6 is 0 Å². The van der Waals surface area contributed by atoms with Gasteiger partial charge in [-0.2, -0.15) is 0 Å². The first kappa shape index (κ1) is 12.7. The van der Waals surface area contributed by atoms with Gasteiger partial charge in [-0.15, -0.1) is 0 Å². The van der Waals surface area contributed by atoms with Gasteiger partial charge >= 0.3 is 5.97 Å². The van der Waals surface area contributed by atoms with E-state index in [0.717, 1.165) is 18.4 Å². The molecule has 2 N–H and O–H groups in total. The highest BCUT2D eigenvalue weighted by Gasteiger charge is 2.32. The number of rotatable bonds is 5. The number of hydrogen-bond acceptors (Lipinski definition) is 5. The molecule has 18 heavy (non-hydrogen) atoms. The molecule has 0 atom stereocenters. The van der Waals surface area contributed by atoms with Gasteiger partial charge in [0.05, 0.1) is 12.3 Å². The van der Waals surface area contributed by atoms with Crippen LogP contribution in [0.1, 0.15) is 25.3 Å². The largest absolute Gasteiger partial charge is 0.465 e. The van der Waals surface area contributed by atoms with Gasteiger partial charge in [0.15, 0.2) is 5.82 Å². The van der Waals surface area contributed by atoms with E-state index in [1.807, 2.05) is 17.9 Å². The maximum Gasteiger partial charge on any atom is 0.325 e. The van der Waals surface area contributed by atoms with Gasteiger partial charge in [0.2, 0.25) is 0 Å². The van der Waals surface area contributed by atoms with Gasteiger partial charge in [0.25, 0.3) is 0 Å². The molecule has 0 radical (unpaired) electrons. The van der Waals surface area contributed by atoms with E-state index in [2.05, 4.69) is 4.98 Å². The van der Waals surface area contributed by atoms with E-state index < -0.39 is 0 Å². The number of aryl methyl sites for hydroxylation is 1. The lowest BCUT2D eigenvalue weighted by atomic mass is 10.2. The molecule has 1 aliphatic carbocycles. The van der Waals surface area contributed by atoms with E-state index >= 15 is 0 Å². The van der Waals surface area contributed by atoms with Crippen molar-refractivity contribution in [1.29, 1.82) is 0 Å². The number of hydrogen-bond donors (Lipinski definition) is 1. The zero-order valence-electron chi connectivity index (χ0n) is 10.8. The van der Waals surface area contributed by atoms with Gasteiger partial charge in [-0.25, -0.2) is 4.98 Å². The van der Waals surface area contributed by atoms with Gasteiger partial charge < -0.3 is 15.4 Å². The zero-order valence-corrected chi connectivity index (χ0v) is 10.8. The third-order valence-electron chi connectivity index (χ3n) is 3.05. The van der Waals surface area contributed by atoms with Crippen LogP contribution in [0.2, 0.25) is 0 Å². The third kappa shape index (κ3) is 2.72. The molecule has 0 aliphatic heterocycles. The third-order valence-corrected chi connectivity index (χ3v) is 3.05. The van der Waals surface area contributed by atoms with Crippen molar-refractivity contribution >= 4 is 17.5 Å². The Hall–Kier alpha value is -1.78. The molecule has 1 heterocycles. The van der Waals surface area contributed by atoms with Gasteiger partial charge in [-0.3, -0.25) is 4.79 Å². The summed E-state index contributed by atoms with van der Waals surface area (Å²) in [6, 6.07) is 2.24. The summed E-state index contributed by atoms with van der Waals surface area (Å²) < 4.78 is 4.99. The molecule has 0 amide bonds. The second-order valence-electron chi connectivity index (χ2n) is 4.53. The Bertz CT molecular complexity index is 444. The van der Waals surface area contributed by atoms with Crippen molar-refractivity contribution in [1.82, 2.24) is 4.98 Å². The second kappa shape index (κ2) is 5.25. The fraction of sp³-hybridized carbons (Fsp3) is 0.538. The van der Waals surface area contributed by atoms with Gasteiger partial charge in [0, 0.05) is 12.2 Å². The first-order valence-corrected chi connectivity index (χ1v) is 6.26. The molecule has 1 aliphatic rings. The monoisotopic (exact) mass is 249 g/mol. The summed E-state index contributed by atoms with van der Waals surface area (Å²) in [5, 5.41) is 0. The van der Waals surface area contributed by atoms with E-state index in [1.165, 1.54) is 0 Å². The molecule has 0 aromatic carbocycles. The van der Waals surface area contributed by atoms with Crippen LogP contribution < -0.4 is 10.6 Å². The summed E-state index contributed by atoms with van der Waals surface area (Å²) in [7, 11) is 0. The lowest BCUT2D eigenvalue weighted by Crippen LogP contribution is -2.34. The van der Waals surface area contributed by atoms with Crippen molar-refractivity contribution in [2.24, 2.45) is 0 Å². The van der Waals surface area contributed by atoms with Crippen LogP contribution in [0.5, 0.6) is 0 Å². The lowest BCUT2D eigenvalue weighted by molar-refractivity contribution is -0.141. The number of nitrogens with two attached hydrogens (primary N) is 1. The van der Waals surface area contributed by atoms with Gasteiger partial charge in [0.1, 0.15) is 6.54 Å². The van der Waals surface area contributed by atoms with E-state index in [-0.39, 0.29) is 12.5 Å². The number of nitrogen functional groups attached to an aromatic ring is 1. The average Bonchev–Trinajstić information content (AvgIpc) is 3.15. The van der Waals surface area contributed by atoms with E-state index in [4.69, 9.17) is 10.5 Å². The molecular weight excluding hydrogens is 230 g/mol.